The van der Waals surface area contributed by atoms with Crippen LogP contribution in [0.3, 0.4) is 0 Å². The smallest absolute Gasteiger partial charge is 0.223 e. The average Bonchev–Trinajstić information content (AvgIpc) is 2.66. The third kappa shape index (κ3) is 4.85. The standard InChI is InChI=1S/C20H19Cl2NO3/c21-16-5-1-3-14(11-16)18(24)7-8-20(25)23-9-10-26-19(13-23)15-4-2-6-17(22)12-15/h1-6,11-12,19H,7-10,13H2. The predicted octanol–water partition coefficient (Wildman–Crippen LogP) is 4.56. The molecule has 2 aromatic rings. The molecule has 26 heavy (non-hydrogen) atoms. The quantitative estimate of drug-likeness (QED) is 0.701. The molecule has 0 spiro atoms. The van der Waals surface area contributed by atoms with Crippen LogP contribution < -0.4 is 0 Å². The highest BCUT2D eigenvalue weighted by Crippen LogP contribution is 2.25. The average molecular weight is 392 g/mol. The third-order valence-corrected chi connectivity index (χ3v) is 4.82. The molecular formula is C20H19Cl2NO3. The Morgan fingerprint density at radius 2 is 1.77 bits per heavy atom. The van der Waals surface area contributed by atoms with Gasteiger partial charge in [-0.3, -0.25) is 9.59 Å². The summed E-state index contributed by atoms with van der Waals surface area (Å²) in [5.41, 5.74) is 1.48. The van der Waals surface area contributed by atoms with Gasteiger partial charge in [0.2, 0.25) is 5.91 Å². The Labute approximate surface area is 162 Å². The van der Waals surface area contributed by atoms with Crippen LogP contribution in [-0.2, 0) is 9.53 Å². The van der Waals surface area contributed by atoms with Crippen LogP contribution in [0.1, 0.15) is 34.9 Å². The first-order valence-corrected chi connectivity index (χ1v) is 9.22. The molecule has 1 unspecified atom stereocenters. The van der Waals surface area contributed by atoms with Crippen LogP contribution in [0, 0.1) is 0 Å². The molecule has 0 aliphatic carbocycles. The normalized spacial score (nSPS) is 17.2. The number of halogens is 2. The zero-order valence-electron chi connectivity index (χ0n) is 14.2. The number of amides is 1. The second kappa shape index (κ2) is 8.67. The van der Waals surface area contributed by atoms with E-state index in [0.29, 0.717) is 35.3 Å². The highest BCUT2D eigenvalue weighted by molar-refractivity contribution is 6.31. The lowest BCUT2D eigenvalue weighted by Gasteiger charge is -2.33. The maximum Gasteiger partial charge on any atom is 0.223 e. The van der Waals surface area contributed by atoms with Crippen LogP contribution in [0.15, 0.2) is 48.5 Å². The van der Waals surface area contributed by atoms with Crippen molar-refractivity contribution in [1.29, 1.82) is 0 Å². The number of hydrogen-bond acceptors (Lipinski definition) is 3. The van der Waals surface area contributed by atoms with E-state index in [0.717, 1.165) is 5.56 Å². The summed E-state index contributed by atoms with van der Waals surface area (Å²) in [6.45, 7) is 1.46. The van der Waals surface area contributed by atoms with Crippen LogP contribution in [0.2, 0.25) is 10.0 Å². The van der Waals surface area contributed by atoms with Gasteiger partial charge in [-0.2, -0.15) is 0 Å². The Balaban J connectivity index is 1.56. The van der Waals surface area contributed by atoms with Crippen molar-refractivity contribution < 1.29 is 14.3 Å². The van der Waals surface area contributed by atoms with Gasteiger partial charge in [-0.15, -0.1) is 0 Å². The van der Waals surface area contributed by atoms with Crippen LogP contribution in [-0.4, -0.2) is 36.3 Å². The van der Waals surface area contributed by atoms with Crippen molar-refractivity contribution in [3.8, 4) is 0 Å². The lowest BCUT2D eigenvalue weighted by Crippen LogP contribution is -2.42. The van der Waals surface area contributed by atoms with Crippen molar-refractivity contribution in [2.45, 2.75) is 18.9 Å². The van der Waals surface area contributed by atoms with E-state index in [2.05, 4.69) is 0 Å². The summed E-state index contributed by atoms with van der Waals surface area (Å²) in [7, 11) is 0. The van der Waals surface area contributed by atoms with E-state index in [-0.39, 0.29) is 30.6 Å². The van der Waals surface area contributed by atoms with Gasteiger partial charge in [0.25, 0.3) is 0 Å². The van der Waals surface area contributed by atoms with E-state index in [1.54, 1.807) is 35.2 Å². The van der Waals surface area contributed by atoms with E-state index < -0.39 is 0 Å². The highest BCUT2D eigenvalue weighted by atomic mass is 35.5. The summed E-state index contributed by atoms with van der Waals surface area (Å²) in [5.74, 6) is -0.129. The summed E-state index contributed by atoms with van der Waals surface area (Å²) in [6.07, 6.45) is 0.140. The van der Waals surface area contributed by atoms with Crippen molar-refractivity contribution in [1.82, 2.24) is 4.90 Å². The van der Waals surface area contributed by atoms with E-state index in [1.165, 1.54) is 0 Å². The minimum atomic E-state index is -0.199. The van der Waals surface area contributed by atoms with E-state index in [4.69, 9.17) is 27.9 Å². The number of hydrogen-bond donors (Lipinski definition) is 0. The number of nitrogens with zero attached hydrogens (tertiary/aromatic N) is 1. The lowest BCUT2D eigenvalue weighted by atomic mass is 10.1. The zero-order valence-corrected chi connectivity index (χ0v) is 15.7. The molecule has 1 atom stereocenters. The minimum Gasteiger partial charge on any atom is -0.370 e. The summed E-state index contributed by atoms with van der Waals surface area (Å²) < 4.78 is 5.77. The molecule has 136 valence electrons. The summed E-state index contributed by atoms with van der Waals surface area (Å²) in [4.78, 5) is 26.5. The Bertz CT molecular complexity index is 809. The summed E-state index contributed by atoms with van der Waals surface area (Å²) in [6, 6.07) is 14.2. The number of morpholine rings is 1. The molecule has 4 nitrogen and oxygen atoms in total. The maximum absolute atomic E-state index is 12.5. The number of ketones is 1. The highest BCUT2D eigenvalue weighted by Gasteiger charge is 2.25. The molecule has 1 saturated heterocycles. The molecule has 0 N–H and O–H groups in total. The van der Waals surface area contributed by atoms with Crippen molar-refractivity contribution in [2.75, 3.05) is 19.7 Å². The van der Waals surface area contributed by atoms with E-state index >= 15 is 0 Å². The number of ether oxygens (including phenoxy) is 1. The molecule has 1 aliphatic heterocycles. The predicted molar refractivity (Wildman–Crippen MR) is 102 cm³/mol. The lowest BCUT2D eigenvalue weighted by molar-refractivity contribution is -0.139. The second-order valence-corrected chi connectivity index (χ2v) is 7.06. The van der Waals surface area contributed by atoms with Crippen LogP contribution in [0.4, 0.5) is 0 Å². The van der Waals surface area contributed by atoms with Crippen molar-refractivity contribution >= 4 is 34.9 Å². The first-order chi connectivity index (χ1) is 12.5. The minimum absolute atomic E-state index is 0.0456. The number of carbonyl (C=O) groups is 2. The zero-order chi connectivity index (χ0) is 18.5. The molecule has 0 aromatic heterocycles. The third-order valence-electron chi connectivity index (χ3n) is 4.35. The second-order valence-electron chi connectivity index (χ2n) is 6.19. The first-order valence-electron chi connectivity index (χ1n) is 8.46. The molecule has 0 radical (unpaired) electrons. The van der Waals surface area contributed by atoms with Gasteiger partial charge in [-0.25, -0.2) is 0 Å². The fourth-order valence-corrected chi connectivity index (χ4v) is 3.36. The van der Waals surface area contributed by atoms with Gasteiger partial charge in [-0.1, -0.05) is 47.5 Å². The molecule has 1 amide bonds. The number of benzene rings is 2. The molecule has 0 saturated carbocycles. The molecule has 6 heteroatoms. The van der Waals surface area contributed by atoms with Gasteiger partial charge in [-0.05, 0) is 29.8 Å². The monoisotopic (exact) mass is 391 g/mol. The molecule has 1 fully saturated rings. The SMILES string of the molecule is O=C(CCC(=O)N1CCOC(c2cccc(Cl)c2)C1)c1cccc(Cl)c1. The Hall–Kier alpha value is -1.88. The van der Waals surface area contributed by atoms with Crippen molar-refractivity contribution in [2.24, 2.45) is 0 Å². The fourth-order valence-electron chi connectivity index (χ4n) is 2.97. The van der Waals surface area contributed by atoms with Crippen LogP contribution in [0.25, 0.3) is 0 Å². The van der Waals surface area contributed by atoms with E-state index in [9.17, 15) is 9.59 Å². The van der Waals surface area contributed by atoms with Gasteiger partial charge in [0, 0.05) is 35.0 Å². The Kier molecular flexibility index (Phi) is 6.30. The first kappa shape index (κ1) is 18.9. The largest absolute Gasteiger partial charge is 0.370 e. The molecule has 1 heterocycles. The number of rotatable bonds is 5. The van der Waals surface area contributed by atoms with Crippen LogP contribution >= 0.6 is 23.2 Å². The topological polar surface area (TPSA) is 46.6 Å². The van der Waals surface area contributed by atoms with Crippen molar-refractivity contribution in [3.63, 3.8) is 0 Å². The van der Waals surface area contributed by atoms with Crippen LogP contribution in [0.5, 0.6) is 0 Å². The molecule has 0 bridgehead atoms. The van der Waals surface area contributed by atoms with Gasteiger partial charge < -0.3 is 9.64 Å². The molecular weight excluding hydrogens is 373 g/mol. The van der Waals surface area contributed by atoms with E-state index in [1.807, 2.05) is 18.2 Å². The van der Waals surface area contributed by atoms with Gasteiger partial charge in [0.1, 0.15) is 6.10 Å². The molecule has 2 aromatic carbocycles. The number of Topliss-reactive ketones (excluding diaryl/α,β-unsaturated/α-hetero) is 1. The molecule has 3 rings (SSSR count). The Morgan fingerprint density at radius 1 is 1.04 bits per heavy atom. The van der Waals surface area contributed by atoms with Gasteiger partial charge in [0.15, 0.2) is 5.78 Å². The summed E-state index contributed by atoms with van der Waals surface area (Å²) >= 11 is 11.9. The maximum atomic E-state index is 12.5. The fraction of sp³-hybridized carbons (Fsp3) is 0.300. The van der Waals surface area contributed by atoms with Crippen molar-refractivity contribution in [3.05, 3.63) is 69.7 Å². The summed E-state index contributed by atoms with van der Waals surface area (Å²) in [5, 5.41) is 1.15. The number of carbonyl (C=O) groups excluding carboxylic acids is 2. The Morgan fingerprint density at radius 3 is 2.50 bits per heavy atom. The van der Waals surface area contributed by atoms with Gasteiger partial charge in [0.05, 0.1) is 13.2 Å². The van der Waals surface area contributed by atoms with Gasteiger partial charge >= 0.3 is 0 Å². The molecule has 1 aliphatic rings.